The second-order valence-electron chi connectivity index (χ2n) is 6.63. The summed E-state index contributed by atoms with van der Waals surface area (Å²) in [6.07, 6.45) is 0. The normalized spacial score (nSPS) is 10.8. The fourth-order valence-electron chi connectivity index (χ4n) is 3.34. The monoisotopic (exact) mass is 438 g/mol. The zero-order chi connectivity index (χ0) is 21.3. The summed E-state index contributed by atoms with van der Waals surface area (Å²) in [4.78, 5) is 13.3. The summed E-state index contributed by atoms with van der Waals surface area (Å²) in [5, 5.41) is -0.0410. The van der Waals surface area contributed by atoms with Gasteiger partial charge in [-0.05, 0) is 35.4 Å². The van der Waals surface area contributed by atoms with Crippen LogP contribution in [0.25, 0.3) is 22.3 Å². The highest BCUT2D eigenvalue weighted by atomic mass is 35.5. The Morgan fingerprint density at radius 1 is 0.567 bits per heavy atom. The number of ketones is 1. The average Bonchev–Trinajstić information content (AvgIpc) is 2.75. The lowest BCUT2D eigenvalue weighted by Gasteiger charge is -2.13. The second kappa shape index (κ2) is 8.39. The molecule has 5 heteroatoms. The molecule has 0 unspecified atom stereocenters. The van der Waals surface area contributed by atoms with E-state index >= 15 is 0 Å². The Labute approximate surface area is 182 Å². The first-order valence-electron chi connectivity index (χ1n) is 9.10. The summed E-state index contributed by atoms with van der Waals surface area (Å²) in [5.41, 5.74) is 1.53. The zero-order valence-electron chi connectivity index (χ0n) is 15.5. The Hall–Kier alpha value is -3.01. The molecular weight excluding hydrogens is 425 g/mol. The lowest BCUT2D eigenvalue weighted by atomic mass is 9.95. The van der Waals surface area contributed by atoms with Crippen molar-refractivity contribution in [1.29, 1.82) is 0 Å². The van der Waals surface area contributed by atoms with Crippen molar-refractivity contribution in [2.24, 2.45) is 0 Å². The third kappa shape index (κ3) is 3.62. The van der Waals surface area contributed by atoms with Gasteiger partial charge >= 0.3 is 0 Å². The first-order chi connectivity index (χ1) is 14.5. The van der Waals surface area contributed by atoms with Gasteiger partial charge in [0.15, 0.2) is 5.78 Å². The van der Waals surface area contributed by atoms with Crippen molar-refractivity contribution < 1.29 is 13.6 Å². The third-order valence-electron chi connectivity index (χ3n) is 4.80. The van der Waals surface area contributed by atoms with Gasteiger partial charge in [0.1, 0.15) is 11.6 Å². The first-order valence-corrected chi connectivity index (χ1v) is 9.86. The smallest absolute Gasteiger partial charge is 0.196 e. The molecule has 4 aromatic carbocycles. The first kappa shape index (κ1) is 20.3. The van der Waals surface area contributed by atoms with Gasteiger partial charge in [-0.1, -0.05) is 83.9 Å². The Morgan fingerprint density at radius 2 is 0.933 bits per heavy atom. The number of rotatable bonds is 4. The van der Waals surface area contributed by atoms with Gasteiger partial charge < -0.3 is 0 Å². The van der Waals surface area contributed by atoms with Crippen LogP contribution in [0.4, 0.5) is 8.78 Å². The molecular formula is C25H14Cl2F2O. The molecule has 0 spiro atoms. The van der Waals surface area contributed by atoms with Gasteiger partial charge in [-0.3, -0.25) is 4.79 Å². The van der Waals surface area contributed by atoms with Gasteiger partial charge in [-0.2, -0.15) is 0 Å². The van der Waals surface area contributed by atoms with Gasteiger partial charge in [-0.15, -0.1) is 0 Å². The number of hydrogen-bond donors (Lipinski definition) is 0. The minimum Gasteiger partial charge on any atom is -0.288 e. The van der Waals surface area contributed by atoms with Gasteiger partial charge in [0, 0.05) is 22.3 Å². The molecule has 4 rings (SSSR count). The molecule has 0 amide bonds. The van der Waals surface area contributed by atoms with Crippen LogP contribution in [0.3, 0.4) is 0 Å². The highest BCUT2D eigenvalue weighted by molar-refractivity contribution is 6.40. The molecule has 0 bridgehead atoms. The number of carbonyl (C=O) groups is 1. The highest BCUT2D eigenvalue weighted by Crippen LogP contribution is 2.38. The van der Waals surface area contributed by atoms with E-state index in [1.54, 1.807) is 60.7 Å². The Morgan fingerprint density at radius 3 is 1.30 bits per heavy atom. The van der Waals surface area contributed by atoms with Crippen molar-refractivity contribution in [3.05, 3.63) is 118 Å². The van der Waals surface area contributed by atoms with Crippen LogP contribution in [-0.4, -0.2) is 5.78 Å². The quantitative estimate of drug-likeness (QED) is 0.296. The lowest BCUT2D eigenvalue weighted by molar-refractivity contribution is 0.103. The molecule has 0 aliphatic carbocycles. The van der Waals surface area contributed by atoms with Crippen molar-refractivity contribution in [3.8, 4) is 22.3 Å². The fourth-order valence-corrected chi connectivity index (χ4v) is 4.04. The predicted molar refractivity (Wildman–Crippen MR) is 117 cm³/mol. The maximum atomic E-state index is 14.5. The molecule has 30 heavy (non-hydrogen) atoms. The van der Waals surface area contributed by atoms with Gasteiger partial charge in [0.2, 0.25) is 0 Å². The number of carbonyl (C=O) groups excluding carboxylic acids is 1. The Kier molecular flexibility index (Phi) is 5.67. The van der Waals surface area contributed by atoms with Crippen molar-refractivity contribution in [1.82, 2.24) is 0 Å². The summed E-state index contributed by atoms with van der Waals surface area (Å²) in [5.74, 6) is -1.60. The maximum Gasteiger partial charge on any atom is 0.196 e. The van der Waals surface area contributed by atoms with Gasteiger partial charge in [0.25, 0.3) is 0 Å². The molecule has 0 aliphatic heterocycles. The van der Waals surface area contributed by atoms with Crippen molar-refractivity contribution in [2.45, 2.75) is 0 Å². The molecule has 0 saturated heterocycles. The summed E-state index contributed by atoms with van der Waals surface area (Å²) < 4.78 is 29.1. The molecule has 0 N–H and O–H groups in total. The Bertz CT molecular complexity index is 1140. The van der Waals surface area contributed by atoms with E-state index in [0.29, 0.717) is 11.1 Å². The minimum atomic E-state index is -0.544. The molecule has 4 aromatic rings. The summed E-state index contributed by atoms with van der Waals surface area (Å²) in [6.45, 7) is 0. The fraction of sp³-hybridized carbons (Fsp3) is 0. The van der Waals surface area contributed by atoms with E-state index in [1.807, 2.05) is 0 Å². The molecule has 0 saturated carbocycles. The molecule has 0 radical (unpaired) electrons. The summed E-state index contributed by atoms with van der Waals surface area (Å²) in [6, 6.07) is 22.4. The second-order valence-corrected chi connectivity index (χ2v) is 7.38. The van der Waals surface area contributed by atoms with Crippen LogP contribution in [0.15, 0.2) is 84.9 Å². The number of hydrogen-bond acceptors (Lipinski definition) is 1. The van der Waals surface area contributed by atoms with E-state index < -0.39 is 17.4 Å². The molecule has 0 fully saturated rings. The standard InChI is InChI=1S/C25H14Cl2F2O/c26-23-17(11-13-19(28)21(23)15-7-3-1-4-8-15)25(30)18-12-14-20(29)22(24(18)27)16-9-5-2-6-10-16/h1-14H. The lowest BCUT2D eigenvalue weighted by Crippen LogP contribution is -2.06. The van der Waals surface area contributed by atoms with Crippen molar-refractivity contribution >= 4 is 29.0 Å². The molecule has 0 aliphatic rings. The molecule has 148 valence electrons. The van der Waals surface area contributed by atoms with Crippen LogP contribution in [0, 0.1) is 11.6 Å². The largest absolute Gasteiger partial charge is 0.288 e. The van der Waals surface area contributed by atoms with Crippen LogP contribution in [0.5, 0.6) is 0 Å². The van der Waals surface area contributed by atoms with E-state index in [9.17, 15) is 13.6 Å². The van der Waals surface area contributed by atoms with Crippen LogP contribution in [0.2, 0.25) is 10.0 Å². The van der Waals surface area contributed by atoms with Crippen LogP contribution >= 0.6 is 23.2 Å². The SMILES string of the molecule is O=C(c1ccc(F)c(-c2ccccc2)c1Cl)c1ccc(F)c(-c2ccccc2)c1Cl. The van der Waals surface area contributed by atoms with Crippen LogP contribution in [0.1, 0.15) is 15.9 Å². The number of benzene rings is 4. The number of halogens is 4. The van der Waals surface area contributed by atoms with E-state index in [0.717, 1.165) is 0 Å². The third-order valence-corrected chi connectivity index (χ3v) is 5.58. The van der Waals surface area contributed by atoms with Crippen LogP contribution < -0.4 is 0 Å². The van der Waals surface area contributed by atoms with Crippen molar-refractivity contribution in [2.75, 3.05) is 0 Å². The highest BCUT2D eigenvalue weighted by Gasteiger charge is 2.23. The molecule has 0 aromatic heterocycles. The van der Waals surface area contributed by atoms with E-state index in [4.69, 9.17) is 23.2 Å². The van der Waals surface area contributed by atoms with Crippen molar-refractivity contribution in [3.63, 3.8) is 0 Å². The Balaban J connectivity index is 1.86. The average molecular weight is 439 g/mol. The van der Waals surface area contributed by atoms with Gasteiger partial charge in [0.05, 0.1) is 10.0 Å². The molecule has 1 nitrogen and oxygen atoms in total. The summed E-state index contributed by atoms with van der Waals surface area (Å²) in [7, 11) is 0. The van der Waals surface area contributed by atoms with E-state index in [1.165, 1.54) is 24.3 Å². The van der Waals surface area contributed by atoms with E-state index in [2.05, 4.69) is 0 Å². The zero-order valence-corrected chi connectivity index (χ0v) is 17.0. The summed E-state index contributed by atoms with van der Waals surface area (Å²) >= 11 is 12.9. The van der Waals surface area contributed by atoms with Crippen LogP contribution in [-0.2, 0) is 0 Å². The van der Waals surface area contributed by atoms with E-state index in [-0.39, 0.29) is 32.3 Å². The molecule has 0 atom stereocenters. The van der Waals surface area contributed by atoms with Gasteiger partial charge in [-0.25, -0.2) is 8.78 Å². The minimum absolute atomic E-state index is 0.0205. The topological polar surface area (TPSA) is 17.1 Å². The molecule has 0 heterocycles. The maximum absolute atomic E-state index is 14.5. The predicted octanol–water partition coefficient (Wildman–Crippen LogP) is 7.84.